The van der Waals surface area contributed by atoms with Gasteiger partial charge in [-0.25, -0.2) is 0 Å². The maximum absolute atomic E-state index is 4.20. The van der Waals surface area contributed by atoms with Gasteiger partial charge in [-0.3, -0.25) is 0 Å². The fourth-order valence-electron chi connectivity index (χ4n) is 19.6. The summed E-state index contributed by atoms with van der Waals surface area (Å²) in [7, 11) is 0. The Morgan fingerprint density at radius 2 is 0.549 bits per heavy atom. The Hall–Kier alpha value is -12.4. The predicted octanol–water partition coefficient (Wildman–Crippen LogP) is 31.0. The van der Waals surface area contributed by atoms with Gasteiger partial charge in [0.2, 0.25) is 0 Å². The van der Waals surface area contributed by atoms with E-state index in [9.17, 15) is 0 Å². The standard InChI is InChI=1S/C111H100N2/c1-7-13-15-17-19-31-75-109(76-32-20-18-16-14-8-2)103-77-93(112(91-67-55-85(56-68-91)83-35-23-21-24-36-83)105-45-33-43-101-107(105)97-39-27-29-41-99(97)110(101,87-59-47-79(9-3)48-60-87)88-61-49-80(10-4)50-62-88)71-73-95(103)96-74-72-94(78-104(96)109)113(92-69-57-86(58-70-92)84-37-25-22-26-38-84)106-46-34-44-102-108(106)98-40-28-30-42-100(98)111(102,89-63-51-81(11-5)52-64-89)90-65-53-82(12-6)54-66-90/h9-12,21-30,33-74,77-78H,3-8,13-20,31-32,75-76H2,1-2H3. The maximum Gasteiger partial charge on any atom is 0.0714 e. The Labute approximate surface area is 671 Å². The molecule has 0 bridgehead atoms. The number of hydrogen-bond acceptors (Lipinski definition) is 2. The molecule has 14 aromatic carbocycles. The predicted molar refractivity (Wildman–Crippen MR) is 484 cm³/mol. The lowest BCUT2D eigenvalue weighted by Crippen LogP contribution is -2.28. The Kier molecular flexibility index (Phi) is 20.9. The fraction of sp³-hybridized carbons (Fsp3) is 0.171. The molecule has 0 unspecified atom stereocenters. The van der Waals surface area contributed by atoms with E-state index in [0.29, 0.717) is 0 Å². The Balaban J connectivity index is 0.896. The number of rotatable bonds is 30. The van der Waals surface area contributed by atoms with E-state index in [4.69, 9.17) is 0 Å². The third kappa shape index (κ3) is 13.1. The summed E-state index contributed by atoms with van der Waals surface area (Å²) in [6.07, 6.45) is 24.5. The summed E-state index contributed by atoms with van der Waals surface area (Å²) in [5.41, 5.74) is 34.6. The van der Waals surface area contributed by atoms with Gasteiger partial charge >= 0.3 is 0 Å². The molecule has 113 heavy (non-hydrogen) atoms. The van der Waals surface area contributed by atoms with Gasteiger partial charge in [-0.1, -0.05) is 408 Å². The highest BCUT2D eigenvalue weighted by molar-refractivity contribution is 6.01. The molecule has 0 N–H and O–H groups in total. The van der Waals surface area contributed by atoms with Gasteiger partial charge in [0, 0.05) is 39.3 Å². The maximum atomic E-state index is 4.20. The second-order valence-corrected chi connectivity index (χ2v) is 31.4. The molecule has 2 nitrogen and oxygen atoms in total. The van der Waals surface area contributed by atoms with Crippen LogP contribution in [0, 0.1) is 0 Å². The molecule has 0 aromatic heterocycles. The number of hydrogen-bond donors (Lipinski definition) is 0. The average Bonchev–Trinajstić information content (AvgIpc) is 1.55. The van der Waals surface area contributed by atoms with Crippen LogP contribution in [0.2, 0.25) is 0 Å². The summed E-state index contributed by atoms with van der Waals surface area (Å²) in [5, 5.41) is 0. The van der Waals surface area contributed by atoms with Gasteiger partial charge in [0.15, 0.2) is 0 Å². The van der Waals surface area contributed by atoms with Crippen molar-refractivity contribution in [2.75, 3.05) is 9.80 Å². The van der Waals surface area contributed by atoms with Crippen LogP contribution < -0.4 is 9.80 Å². The lowest BCUT2D eigenvalue weighted by atomic mass is 9.67. The first kappa shape index (κ1) is 73.4. The molecule has 0 aliphatic heterocycles. The van der Waals surface area contributed by atoms with Crippen LogP contribution in [0.25, 0.3) is 79.9 Å². The monoisotopic (exact) mass is 1460 g/mol. The van der Waals surface area contributed by atoms with Crippen molar-refractivity contribution >= 4 is 58.4 Å². The van der Waals surface area contributed by atoms with Gasteiger partial charge in [0.1, 0.15) is 0 Å². The minimum absolute atomic E-state index is 0.344. The number of nitrogens with zero attached hydrogens (tertiary/aromatic N) is 2. The molecule has 0 heterocycles. The molecular weight excluding hydrogens is 1360 g/mol. The topological polar surface area (TPSA) is 6.48 Å². The van der Waals surface area contributed by atoms with Crippen LogP contribution in [0.3, 0.4) is 0 Å². The van der Waals surface area contributed by atoms with Gasteiger partial charge < -0.3 is 9.80 Å². The third-order valence-electron chi connectivity index (χ3n) is 25.1. The first-order valence-electron chi connectivity index (χ1n) is 41.4. The summed E-state index contributed by atoms with van der Waals surface area (Å²) in [6.45, 7) is 21.5. The summed E-state index contributed by atoms with van der Waals surface area (Å²) >= 11 is 0. The average molecular weight is 1460 g/mol. The van der Waals surface area contributed by atoms with Crippen LogP contribution in [0.1, 0.15) is 182 Å². The SMILES string of the molecule is C=Cc1ccc(C2(c3ccc(C=C)cc3)c3ccccc3-c3c(N(c4ccc(-c5ccccc5)cc4)c4ccc5c(c4)C(CCCCCCCC)(CCCCCCCC)c4cc(N(c6ccc(-c7ccccc7)cc6)c6cccc7c6-c6ccccc6C7(c6ccc(C=C)cc6)c6ccc(C=C)cc6)ccc4-5)cccc32)cc1. The molecule has 0 amide bonds. The molecule has 0 saturated heterocycles. The third-order valence-corrected chi connectivity index (χ3v) is 25.1. The molecule has 0 saturated carbocycles. The zero-order chi connectivity index (χ0) is 76.9. The molecule has 554 valence electrons. The highest BCUT2D eigenvalue weighted by Gasteiger charge is 2.50. The van der Waals surface area contributed by atoms with E-state index in [0.717, 1.165) is 82.1 Å². The second kappa shape index (κ2) is 32.2. The van der Waals surface area contributed by atoms with Crippen molar-refractivity contribution in [1.29, 1.82) is 0 Å². The minimum atomic E-state index is -0.662. The van der Waals surface area contributed by atoms with Crippen LogP contribution >= 0.6 is 0 Å². The van der Waals surface area contributed by atoms with Gasteiger partial charge in [-0.15, -0.1) is 0 Å². The summed E-state index contributed by atoms with van der Waals surface area (Å²) in [5.74, 6) is 0. The van der Waals surface area contributed by atoms with E-state index in [2.05, 4.69) is 378 Å². The molecule has 3 aliphatic carbocycles. The van der Waals surface area contributed by atoms with Crippen molar-refractivity contribution < 1.29 is 0 Å². The second-order valence-electron chi connectivity index (χ2n) is 31.4. The van der Waals surface area contributed by atoms with E-state index >= 15 is 0 Å². The van der Waals surface area contributed by atoms with Gasteiger partial charge in [0.05, 0.1) is 22.2 Å². The molecule has 17 rings (SSSR count). The quantitative estimate of drug-likeness (QED) is 0.0414. The molecule has 2 heteroatoms. The smallest absolute Gasteiger partial charge is 0.0714 e. The number of unbranched alkanes of at least 4 members (excludes halogenated alkanes) is 10. The van der Waals surface area contributed by atoms with Crippen molar-refractivity contribution in [3.63, 3.8) is 0 Å². The van der Waals surface area contributed by atoms with Gasteiger partial charge in [0.25, 0.3) is 0 Å². The largest absolute Gasteiger partial charge is 0.310 e. The summed E-state index contributed by atoms with van der Waals surface area (Å²) < 4.78 is 0. The highest BCUT2D eigenvalue weighted by atomic mass is 15.2. The van der Waals surface area contributed by atoms with Crippen LogP contribution in [0.15, 0.2) is 354 Å². The Bertz CT molecular complexity index is 5300. The molecular formula is C111H100N2. The lowest BCUT2D eigenvalue weighted by Gasteiger charge is -2.36. The molecule has 0 radical (unpaired) electrons. The molecule has 14 aromatic rings. The van der Waals surface area contributed by atoms with Crippen molar-refractivity contribution in [2.24, 2.45) is 0 Å². The summed E-state index contributed by atoms with van der Waals surface area (Å²) in [6, 6.07) is 125. The van der Waals surface area contributed by atoms with Crippen molar-refractivity contribution in [2.45, 2.75) is 120 Å². The van der Waals surface area contributed by atoms with E-state index in [1.165, 1.54) is 175 Å². The highest BCUT2D eigenvalue weighted by Crippen LogP contribution is 2.64. The van der Waals surface area contributed by atoms with E-state index in [1.807, 2.05) is 24.3 Å². The first-order chi connectivity index (χ1) is 55.8. The number of fused-ring (bicyclic) bond motifs is 9. The molecule has 0 spiro atoms. The lowest BCUT2D eigenvalue weighted by molar-refractivity contribution is 0.398. The van der Waals surface area contributed by atoms with Gasteiger partial charge in [-0.2, -0.15) is 0 Å². The van der Waals surface area contributed by atoms with Crippen molar-refractivity contribution in [3.8, 4) is 55.6 Å². The fourth-order valence-corrected chi connectivity index (χ4v) is 19.6. The molecule has 0 atom stereocenters. The molecule has 3 aliphatic rings. The first-order valence-corrected chi connectivity index (χ1v) is 41.4. The number of anilines is 6. The van der Waals surface area contributed by atoms with E-state index in [-0.39, 0.29) is 5.41 Å². The van der Waals surface area contributed by atoms with Gasteiger partial charge in [-0.05, 0) is 196 Å². The van der Waals surface area contributed by atoms with Crippen LogP contribution in [0.4, 0.5) is 34.1 Å². The van der Waals surface area contributed by atoms with Crippen LogP contribution in [-0.2, 0) is 16.2 Å². The summed E-state index contributed by atoms with van der Waals surface area (Å²) in [4.78, 5) is 5.24. The normalized spacial score (nSPS) is 13.4. The zero-order valence-electron chi connectivity index (χ0n) is 65.6. The van der Waals surface area contributed by atoms with Crippen molar-refractivity contribution in [3.05, 3.63) is 432 Å². The Morgan fingerprint density at radius 3 is 0.894 bits per heavy atom. The zero-order valence-corrected chi connectivity index (χ0v) is 65.6. The number of benzene rings is 14. The van der Waals surface area contributed by atoms with E-state index < -0.39 is 10.8 Å². The van der Waals surface area contributed by atoms with Crippen LogP contribution in [0.5, 0.6) is 0 Å². The minimum Gasteiger partial charge on any atom is -0.310 e. The Morgan fingerprint density at radius 1 is 0.248 bits per heavy atom. The van der Waals surface area contributed by atoms with E-state index in [1.54, 1.807) is 0 Å². The molecule has 0 fully saturated rings. The van der Waals surface area contributed by atoms with Crippen LogP contribution in [-0.4, -0.2) is 0 Å². The van der Waals surface area contributed by atoms with Crippen molar-refractivity contribution in [1.82, 2.24) is 0 Å².